The fourth-order valence-corrected chi connectivity index (χ4v) is 4.48. The predicted molar refractivity (Wildman–Crippen MR) is 134 cm³/mol. The average molecular weight is 452 g/mol. The molecule has 5 nitrogen and oxygen atoms in total. The second-order valence-electron chi connectivity index (χ2n) is 7.43. The number of benzene rings is 3. The maximum Gasteiger partial charge on any atom is 0.257 e. The molecular weight excluding hydrogens is 430 g/mol. The molecule has 0 saturated carbocycles. The Labute approximate surface area is 195 Å². The molecule has 1 amide bonds. The van der Waals surface area contributed by atoms with Gasteiger partial charge in [0.25, 0.3) is 5.91 Å². The Morgan fingerprint density at radius 1 is 0.879 bits per heavy atom. The predicted octanol–water partition coefficient (Wildman–Crippen LogP) is 6.95. The lowest BCUT2D eigenvalue weighted by atomic mass is 10.1. The first-order valence-corrected chi connectivity index (χ1v) is 11.4. The van der Waals surface area contributed by atoms with E-state index in [1.54, 1.807) is 35.9 Å². The van der Waals surface area contributed by atoms with Gasteiger partial charge in [0.15, 0.2) is 0 Å². The van der Waals surface area contributed by atoms with Gasteiger partial charge in [-0.25, -0.2) is 0 Å². The standard InChI is InChI=1S/C27H21N3O2S/c31-27(19-7-6-14-28-16-19)30-24-13-12-22(32-21-8-2-1-3-9-21)15-25(24)29-17-20-18-33-26-11-5-4-10-23(20)26/h1-16,18,29H,17H2,(H,30,31). The van der Waals surface area contributed by atoms with Crippen LogP contribution in [-0.4, -0.2) is 10.9 Å². The number of pyridine rings is 1. The number of ether oxygens (including phenoxy) is 1. The van der Waals surface area contributed by atoms with Crippen LogP contribution in [-0.2, 0) is 6.54 Å². The highest BCUT2D eigenvalue weighted by molar-refractivity contribution is 7.17. The zero-order valence-electron chi connectivity index (χ0n) is 17.7. The van der Waals surface area contributed by atoms with E-state index >= 15 is 0 Å². The number of thiophene rings is 1. The Morgan fingerprint density at radius 3 is 2.58 bits per heavy atom. The Balaban J connectivity index is 1.42. The molecule has 0 aliphatic heterocycles. The van der Waals surface area contributed by atoms with Gasteiger partial charge < -0.3 is 15.4 Å². The van der Waals surface area contributed by atoms with Gasteiger partial charge in [-0.2, -0.15) is 0 Å². The van der Waals surface area contributed by atoms with E-state index in [1.807, 2.05) is 60.7 Å². The number of rotatable bonds is 7. The molecule has 33 heavy (non-hydrogen) atoms. The summed E-state index contributed by atoms with van der Waals surface area (Å²) in [7, 11) is 0. The monoisotopic (exact) mass is 451 g/mol. The van der Waals surface area contributed by atoms with Crippen LogP contribution in [0.5, 0.6) is 11.5 Å². The minimum absolute atomic E-state index is 0.219. The van der Waals surface area contributed by atoms with E-state index in [2.05, 4.69) is 33.1 Å². The first-order valence-electron chi connectivity index (χ1n) is 10.5. The number of carbonyl (C=O) groups excluding carboxylic acids is 1. The topological polar surface area (TPSA) is 63.2 Å². The Kier molecular flexibility index (Phi) is 5.99. The molecule has 0 atom stereocenters. The second kappa shape index (κ2) is 9.54. The molecule has 2 heterocycles. The van der Waals surface area contributed by atoms with Crippen LogP contribution in [0.4, 0.5) is 11.4 Å². The van der Waals surface area contributed by atoms with Crippen molar-refractivity contribution in [2.75, 3.05) is 10.6 Å². The third-order valence-corrected chi connectivity index (χ3v) is 6.18. The van der Waals surface area contributed by atoms with E-state index in [9.17, 15) is 4.79 Å². The number of hydrogen-bond acceptors (Lipinski definition) is 5. The van der Waals surface area contributed by atoms with Crippen molar-refractivity contribution in [3.63, 3.8) is 0 Å². The third kappa shape index (κ3) is 4.86. The van der Waals surface area contributed by atoms with Crippen LogP contribution in [0.3, 0.4) is 0 Å². The summed E-state index contributed by atoms with van der Waals surface area (Å²) in [6, 6.07) is 27.0. The smallest absolute Gasteiger partial charge is 0.257 e. The molecule has 0 aliphatic rings. The van der Waals surface area contributed by atoms with Gasteiger partial charge in [-0.05, 0) is 58.8 Å². The van der Waals surface area contributed by atoms with E-state index in [-0.39, 0.29) is 5.91 Å². The molecule has 0 aliphatic carbocycles. The van der Waals surface area contributed by atoms with Crippen LogP contribution in [0.25, 0.3) is 10.1 Å². The SMILES string of the molecule is O=C(Nc1ccc(Oc2ccccc2)cc1NCc1csc2ccccc12)c1cccnc1. The molecule has 0 saturated heterocycles. The first kappa shape index (κ1) is 20.7. The van der Waals surface area contributed by atoms with Crippen LogP contribution in [0, 0.1) is 0 Å². The second-order valence-corrected chi connectivity index (χ2v) is 8.34. The molecule has 5 rings (SSSR count). The quantitative estimate of drug-likeness (QED) is 0.281. The summed E-state index contributed by atoms with van der Waals surface area (Å²) < 4.78 is 7.26. The summed E-state index contributed by atoms with van der Waals surface area (Å²) >= 11 is 1.72. The van der Waals surface area contributed by atoms with Crippen LogP contribution in [0.15, 0.2) is 103 Å². The maximum absolute atomic E-state index is 12.7. The lowest BCUT2D eigenvalue weighted by Crippen LogP contribution is -2.14. The number of fused-ring (bicyclic) bond motifs is 1. The first-order chi connectivity index (χ1) is 16.3. The molecule has 3 aromatic carbocycles. The molecule has 0 unspecified atom stereocenters. The van der Waals surface area contributed by atoms with Crippen molar-refractivity contribution < 1.29 is 9.53 Å². The summed E-state index contributed by atoms with van der Waals surface area (Å²) in [4.78, 5) is 16.8. The highest BCUT2D eigenvalue weighted by Gasteiger charge is 2.12. The molecule has 0 radical (unpaired) electrons. The molecule has 0 spiro atoms. The molecule has 5 aromatic rings. The van der Waals surface area contributed by atoms with Crippen molar-refractivity contribution in [3.8, 4) is 11.5 Å². The summed E-state index contributed by atoms with van der Waals surface area (Å²) in [6.45, 7) is 0.620. The van der Waals surface area contributed by atoms with Crippen LogP contribution in [0.2, 0.25) is 0 Å². The van der Waals surface area contributed by atoms with Crippen LogP contribution in [0.1, 0.15) is 15.9 Å². The number of carbonyl (C=O) groups is 1. The van der Waals surface area contributed by atoms with Gasteiger partial charge in [0.05, 0.1) is 16.9 Å². The van der Waals surface area contributed by atoms with Gasteiger partial charge in [-0.1, -0.05) is 36.4 Å². The highest BCUT2D eigenvalue weighted by atomic mass is 32.1. The maximum atomic E-state index is 12.7. The van der Waals surface area contributed by atoms with Crippen molar-refractivity contribution in [2.24, 2.45) is 0 Å². The molecule has 2 N–H and O–H groups in total. The minimum atomic E-state index is -0.219. The molecule has 0 bridgehead atoms. The average Bonchev–Trinajstić information content (AvgIpc) is 3.28. The summed E-state index contributed by atoms with van der Waals surface area (Å²) in [5.41, 5.74) is 3.14. The number of amides is 1. The summed E-state index contributed by atoms with van der Waals surface area (Å²) in [5, 5.41) is 9.87. The van der Waals surface area contributed by atoms with Gasteiger partial charge in [0.2, 0.25) is 0 Å². The molecular formula is C27H21N3O2S. The lowest BCUT2D eigenvalue weighted by molar-refractivity contribution is 0.102. The molecule has 2 aromatic heterocycles. The van der Waals surface area contributed by atoms with Crippen molar-refractivity contribution in [1.29, 1.82) is 0 Å². The van der Waals surface area contributed by atoms with Gasteiger partial charge in [0, 0.05) is 29.7 Å². The van der Waals surface area contributed by atoms with Crippen molar-refractivity contribution >= 4 is 38.7 Å². The fraction of sp³-hybridized carbons (Fsp3) is 0.0370. The van der Waals surface area contributed by atoms with E-state index in [0.29, 0.717) is 23.5 Å². The van der Waals surface area contributed by atoms with Crippen LogP contribution < -0.4 is 15.4 Å². The Bertz CT molecular complexity index is 1380. The Hall–Kier alpha value is -4.16. The zero-order valence-corrected chi connectivity index (χ0v) is 18.5. The number of aromatic nitrogens is 1. The molecule has 0 fully saturated rings. The van der Waals surface area contributed by atoms with Gasteiger partial charge in [-0.15, -0.1) is 11.3 Å². The third-order valence-electron chi connectivity index (χ3n) is 5.17. The fourth-order valence-electron chi connectivity index (χ4n) is 3.52. The van der Waals surface area contributed by atoms with Crippen LogP contribution >= 0.6 is 11.3 Å². The lowest BCUT2D eigenvalue weighted by Gasteiger charge is -2.15. The van der Waals surface area contributed by atoms with Crippen molar-refractivity contribution in [2.45, 2.75) is 6.54 Å². The number of anilines is 2. The van der Waals surface area contributed by atoms with E-state index < -0.39 is 0 Å². The van der Waals surface area contributed by atoms with E-state index in [0.717, 1.165) is 11.4 Å². The summed E-state index contributed by atoms with van der Waals surface area (Å²) in [6.07, 6.45) is 3.19. The molecule has 6 heteroatoms. The number of hydrogen-bond donors (Lipinski definition) is 2. The molecule has 162 valence electrons. The van der Waals surface area contributed by atoms with Gasteiger partial charge in [0.1, 0.15) is 11.5 Å². The number of nitrogens with zero attached hydrogens (tertiary/aromatic N) is 1. The number of para-hydroxylation sites is 1. The van der Waals surface area contributed by atoms with E-state index in [4.69, 9.17) is 4.74 Å². The summed E-state index contributed by atoms with van der Waals surface area (Å²) in [5.74, 6) is 1.21. The number of nitrogens with one attached hydrogen (secondary N) is 2. The largest absolute Gasteiger partial charge is 0.457 e. The van der Waals surface area contributed by atoms with Crippen molar-refractivity contribution in [3.05, 3.63) is 114 Å². The van der Waals surface area contributed by atoms with Gasteiger partial charge >= 0.3 is 0 Å². The highest BCUT2D eigenvalue weighted by Crippen LogP contribution is 2.32. The minimum Gasteiger partial charge on any atom is -0.457 e. The van der Waals surface area contributed by atoms with Gasteiger partial charge in [-0.3, -0.25) is 9.78 Å². The van der Waals surface area contributed by atoms with E-state index in [1.165, 1.54) is 15.6 Å². The zero-order chi connectivity index (χ0) is 22.5. The Morgan fingerprint density at radius 2 is 1.73 bits per heavy atom. The normalized spacial score (nSPS) is 10.7. The van der Waals surface area contributed by atoms with Crippen molar-refractivity contribution in [1.82, 2.24) is 4.98 Å².